The van der Waals surface area contributed by atoms with Gasteiger partial charge in [-0.05, 0) is 55.3 Å². The Morgan fingerprint density at radius 2 is 1.84 bits per heavy atom. The highest BCUT2D eigenvalue weighted by Gasteiger charge is 2.08. The van der Waals surface area contributed by atoms with E-state index in [-0.39, 0.29) is 17.7 Å². The molecule has 0 fully saturated rings. The van der Waals surface area contributed by atoms with Crippen LogP contribution in [0, 0.1) is 11.6 Å². The first-order valence-corrected chi connectivity index (χ1v) is 6.83. The molecule has 2 N–H and O–H groups in total. The maximum absolute atomic E-state index is 13.3. The van der Waals surface area contributed by atoms with Crippen LogP contribution in [-0.4, -0.2) is 6.04 Å². The molecule has 0 amide bonds. The number of nitrogens with two attached hydrogens (primary N) is 1. The lowest BCUT2D eigenvalue weighted by Crippen LogP contribution is -2.18. The van der Waals surface area contributed by atoms with Gasteiger partial charge in [0, 0.05) is 15.8 Å². The predicted octanol–water partition coefficient (Wildman–Crippen LogP) is 4.01. The van der Waals surface area contributed by atoms with Gasteiger partial charge in [-0.3, -0.25) is 0 Å². The van der Waals surface area contributed by atoms with Crippen LogP contribution in [0.4, 0.5) is 8.78 Å². The van der Waals surface area contributed by atoms with E-state index in [0.29, 0.717) is 6.42 Å². The number of hydrogen-bond acceptors (Lipinski definition) is 2. The topological polar surface area (TPSA) is 26.0 Å². The Morgan fingerprint density at radius 1 is 1.11 bits per heavy atom. The van der Waals surface area contributed by atoms with Gasteiger partial charge in [0.2, 0.25) is 0 Å². The van der Waals surface area contributed by atoms with Crippen molar-refractivity contribution in [3.05, 3.63) is 59.7 Å². The zero-order valence-corrected chi connectivity index (χ0v) is 11.4. The van der Waals surface area contributed by atoms with Crippen LogP contribution in [0.5, 0.6) is 0 Å². The van der Waals surface area contributed by atoms with Crippen LogP contribution >= 0.6 is 11.8 Å². The molecule has 0 aliphatic rings. The molecule has 2 aromatic carbocycles. The van der Waals surface area contributed by atoms with Crippen LogP contribution < -0.4 is 5.73 Å². The third-order valence-corrected chi connectivity index (χ3v) is 3.70. The van der Waals surface area contributed by atoms with E-state index in [4.69, 9.17) is 5.73 Å². The largest absolute Gasteiger partial charge is 0.328 e. The quantitative estimate of drug-likeness (QED) is 0.915. The Hall–Kier alpha value is -1.39. The van der Waals surface area contributed by atoms with E-state index in [1.807, 2.05) is 13.0 Å². The normalized spacial score (nSPS) is 12.4. The average molecular weight is 279 g/mol. The second-order valence-corrected chi connectivity index (χ2v) is 5.61. The van der Waals surface area contributed by atoms with Crippen LogP contribution in [0.15, 0.2) is 52.3 Å². The fraction of sp³-hybridized carbons (Fsp3) is 0.200. The molecule has 0 saturated carbocycles. The van der Waals surface area contributed by atoms with E-state index < -0.39 is 0 Å². The standard InChI is InChI=1S/C15H15F2NS/c1-10(18)7-11-8-13(17)5-6-15(11)19-14-4-2-3-12(16)9-14/h2-6,8-10H,7,18H2,1H3. The summed E-state index contributed by atoms with van der Waals surface area (Å²) >= 11 is 1.42. The zero-order valence-electron chi connectivity index (χ0n) is 10.6. The van der Waals surface area contributed by atoms with Crippen LogP contribution in [0.1, 0.15) is 12.5 Å². The molecule has 1 nitrogen and oxygen atoms in total. The lowest BCUT2D eigenvalue weighted by Gasteiger charge is -2.11. The molecule has 0 spiro atoms. The van der Waals surface area contributed by atoms with E-state index in [2.05, 4.69) is 0 Å². The second kappa shape index (κ2) is 6.17. The van der Waals surface area contributed by atoms with Crippen molar-refractivity contribution in [3.63, 3.8) is 0 Å². The van der Waals surface area contributed by atoms with Gasteiger partial charge in [0.1, 0.15) is 11.6 Å². The summed E-state index contributed by atoms with van der Waals surface area (Å²) in [7, 11) is 0. The maximum atomic E-state index is 13.3. The monoisotopic (exact) mass is 279 g/mol. The lowest BCUT2D eigenvalue weighted by molar-refractivity contribution is 0.619. The summed E-state index contributed by atoms with van der Waals surface area (Å²) in [5.74, 6) is -0.555. The van der Waals surface area contributed by atoms with E-state index in [1.165, 1.54) is 36.0 Å². The molecular formula is C15H15F2NS. The smallest absolute Gasteiger partial charge is 0.124 e. The fourth-order valence-electron chi connectivity index (χ4n) is 1.81. The summed E-state index contributed by atoms with van der Waals surface area (Å²) in [4.78, 5) is 1.70. The SMILES string of the molecule is CC(N)Cc1cc(F)ccc1Sc1cccc(F)c1. The Labute approximate surface area is 115 Å². The molecule has 0 aliphatic carbocycles. The molecule has 4 heteroatoms. The number of benzene rings is 2. The van der Waals surface area contributed by atoms with Crippen molar-refractivity contribution in [1.82, 2.24) is 0 Å². The molecule has 1 unspecified atom stereocenters. The van der Waals surface area contributed by atoms with Gasteiger partial charge < -0.3 is 5.73 Å². The van der Waals surface area contributed by atoms with Crippen molar-refractivity contribution in [1.29, 1.82) is 0 Å². The first-order chi connectivity index (χ1) is 9.04. The summed E-state index contributed by atoms with van der Waals surface area (Å²) in [6, 6.07) is 10.9. The Balaban J connectivity index is 2.28. The molecule has 0 aromatic heterocycles. The van der Waals surface area contributed by atoms with Crippen molar-refractivity contribution in [2.75, 3.05) is 0 Å². The predicted molar refractivity (Wildman–Crippen MR) is 74.3 cm³/mol. The molecule has 100 valence electrons. The maximum Gasteiger partial charge on any atom is 0.124 e. The summed E-state index contributed by atoms with van der Waals surface area (Å²) < 4.78 is 26.4. The highest BCUT2D eigenvalue weighted by atomic mass is 32.2. The summed E-state index contributed by atoms with van der Waals surface area (Å²) in [5.41, 5.74) is 6.62. The van der Waals surface area contributed by atoms with Crippen molar-refractivity contribution < 1.29 is 8.78 Å². The van der Waals surface area contributed by atoms with Crippen molar-refractivity contribution in [3.8, 4) is 0 Å². The molecule has 0 heterocycles. The molecule has 0 radical (unpaired) electrons. The van der Waals surface area contributed by atoms with Crippen molar-refractivity contribution in [2.24, 2.45) is 5.73 Å². The van der Waals surface area contributed by atoms with E-state index >= 15 is 0 Å². The highest BCUT2D eigenvalue weighted by Crippen LogP contribution is 2.31. The van der Waals surface area contributed by atoms with Crippen molar-refractivity contribution in [2.45, 2.75) is 29.2 Å². The molecule has 0 aliphatic heterocycles. The molecule has 2 aromatic rings. The van der Waals surface area contributed by atoms with Crippen LogP contribution in [0.25, 0.3) is 0 Å². The van der Waals surface area contributed by atoms with Gasteiger partial charge in [-0.25, -0.2) is 8.78 Å². The lowest BCUT2D eigenvalue weighted by atomic mass is 10.1. The average Bonchev–Trinajstić information content (AvgIpc) is 2.32. The fourth-order valence-corrected chi connectivity index (χ4v) is 2.79. The second-order valence-electron chi connectivity index (χ2n) is 4.49. The molecule has 1 atom stereocenters. The summed E-state index contributed by atoms with van der Waals surface area (Å²) in [5, 5.41) is 0. The third-order valence-electron chi connectivity index (χ3n) is 2.59. The summed E-state index contributed by atoms with van der Waals surface area (Å²) in [6.45, 7) is 1.88. The Kier molecular flexibility index (Phi) is 4.56. The van der Waals surface area contributed by atoms with Crippen LogP contribution in [0.2, 0.25) is 0 Å². The van der Waals surface area contributed by atoms with E-state index in [1.54, 1.807) is 12.1 Å². The van der Waals surface area contributed by atoms with Gasteiger partial charge in [-0.2, -0.15) is 0 Å². The highest BCUT2D eigenvalue weighted by molar-refractivity contribution is 7.99. The number of rotatable bonds is 4. The van der Waals surface area contributed by atoms with E-state index in [0.717, 1.165) is 15.4 Å². The van der Waals surface area contributed by atoms with Gasteiger partial charge in [0.25, 0.3) is 0 Å². The van der Waals surface area contributed by atoms with Gasteiger partial charge in [0.05, 0.1) is 0 Å². The van der Waals surface area contributed by atoms with Gasteiger partial charge in [-0.1, -0.05) is 17.8 Å². The van der Waals surface area contributed by atoms with Gasteiger partial charge >= 0.3 is 0 Å². The first-order valence-electron chi connectivity index (χ1n) is 6.02. The van der Waals surface area contributed by atoms with Crippen LogP contribution in [-0.2, 0) is 6.42 Å². The molecule has 0 bridgehead atoms. The summed E-state index contributed by atoms with van der Waals surface area (Å²) in [6.07, 6.45) is 0.593. The third kappa shape index (κ3) is 4.04. The minimum absolute atomic E-state index is 0.0475. The number of halogens is 2. The molecule has 0 saturated heterocycles. The van der Waals surface area contributed by atoms with Crippen LogP contribution in [0.3, 0.4) is 0 Å². The minimum atomic E-state index is -0.278. The first kappa shape index (κ1) is 14.0. The van der Waals surface area contributed by atoms with Gasteiger partial charge in [-0.15, -0.1) is 0 Å². The number of hydrogen-bond donors (Lipinski definition) is 1. The van der Waals surface area contributed by atoms with Crippen molar-refractivity contribution >= 4 is 11.8 Å². The Bertz CT molecular complexity index is 570. The Morgan fingerprint density at radius 3 is 2.53 bits per heavy atom. The molecule has 2 rings (SSSR count). The van der Waals surface area contributed by atoms with E-state index in [9.17, 15) is 8.78 Å². The zero-order chi connectivity index (χ0) is 13.8. The molecular weight excluding hydrogens is 264 g/mol. The van der Waals surface area contributed by atoms with Gasteiger partial charge in [0.15, 0.2) is 0 Å². The minimum Gasteiger partial charge on any atom is -0.328 e. The molecule has 19 heavy (non-hydrogen) atoms.